The van der Waals surface area contributed by atoms with Crippen LogP contribution >= 0.6 is 11.5 Å². The lowest BCUT2D eigenvalue weighted by Gasteiger charge is -2.22. The molecule has 0 aliphatic carbocycles. The van der Waals surface area contributed by atoms with Crippen molar-refractivity contribution in [1.82, 2.24) is 3.96 Å². The standard InChI is InChI=1S/C13H15NO3S/c1-3-13(2,12(16)17)8-14-11(15)9-6-4-5-7-10(9)18-14/h4-7H,3,8H2,1-2H3,(H,16,17). The van der Waals surface area contributed by atoms with Crippen LogP contribution in [0.15, 0.2) is 29.1 Å². The van der Waals surface area contributed by atoms with Crippen LogP contribution in [0.25, 0.3) is 10.1 Å². The number of carboxylic acids is 1. The molecule has 1 heterocycles. The summed E-state index contributed by atoms with van der Waals surface area (Å²) in [4.78, 5) is 23.4. The SMILES string of the molecule is CCC(C)(Cn1sc2ccccc2c1=O)C(=O)O. The molecule has 96 valence electrons. The van der Waals surface area contributed by atoms with E-state index in [2.05, 4.69) is 0 Å². The Kier molecular flexibility index (Phi) is 3.26. The Bertz CT molecular complexity index is 643. The average Bonchev–Trinajstić information content (AvgIpc) is 2.66. The molecule has 0 spiro atoms. The second-order valence-corrected chi connectivity index (χ2v) is 5.71. The lowest BCUT2D eigenvalue weighted by Crippen LogP contribution is -2.34. The molecule has 4 nitrogen and oxygen atoms in total. The van der Waals surface area contributed by atoms with Gasteiger partial charge < -0.3 is 5.11 Å². The highest BCUT2D eigenvalue weighted by Gasteiger charge is 2.32. The highest BCUT2D eigenvalue weighted by molar-refractivity contribution is 7.13. The Hall–Kier alpha value is -1.62. The van der Waals surface area contributed by atoms with E-state index in [9.17, 15) is 14.7 Å². The van der Waals surface area contributed by atoms with Gasteiger partial charge in [0, 0.05) is 0 Å². The largest absolute Gasteiger partial charge is 0.481 e. The number of nitrogens with zero attached hydrogens (tertiary/aromatic N) is 1. The second kappa shape index (κ2) is 4.57. The fourth-order valence-corrected chi connectivity index (χ4v) is 2.93. The second-order valence-electron chi connectivity index (χ2n) is 4.65. The molecule has 1 aromatic heterocycles. The number of benzene rings is 1. The topological polar surface area (TPSA) is 59.3 Å². The van der Waals surface area contributed by atoms with Crippen LogP contribution in [0.2, 0.25) is 0 Å². The minimum Gasteiger partial charge on any atom is -0.481 e. The van der Waals surface area contributed by atoms with Gasteiger partial charge in [0.05, 0.1) is 22.0 Å². The summed E-state index contributed by atoms with van der Waals surface area (Å²) >= 11 is 1.32. The van der Waals surface area contributed by atoms with Gasteiger partial charge in [-0.3, -0.25) is 13.5 Å². The van der Waals surface area contributed by atoms with Gasteiger partial charge in [-0.1, -0.05) is 30.6 Å². The molecule has 1 unspecified atom stereocenters. The molecule has 0 aliphatic heterocycles. The van der Waals surface area contributed by atoms with E-state index in [1.54, 1.807) is 16.9 Å². The summed E-state index contributed by atoms with van der Waals surface area (Å²) in [6.45, 7) is 3.72. The molecule has 2 aromatic rings. The minimum atomic E-state index is -0.898. The Morgan fingerprint density at radius 3 is 2.67 bits per heavy atom. The monoisotopic (exact) mass is 265 g/mol. The van der Waals surface area contributed by atoms with E-state index in [0.717, 1.165) is 4.70 Å². The van der Waals surface area contributed by atoms with Crippen LogP contribution in [0.4, 0.5) is 0 Å². The maximum atomic E-state index is 12.1. The third-order valence-electron chi connectivity index (χ3n) is 3.34. The first kappa shape index (κ1) is 12.8. The average molecular weight is 265 g/mol. The highest BCUT2D eigenvalue weighted by atomic mass is 32.1. The van der Waals surface area contributed by atoms with Crippen LogP contribution < -0.4 is 5.56 Å². The van der Waals surface area contributed by atoms with E-state index in [4.69, 9.17) is 0 Å². The molecule has 1 aromatic carbocycles. The highest BCUT2D eigenvalue weighted by Crippen LogP contribution is 2.26. The van der Waals surface area contributed by atoms with Crippen molar-refractivity contribution in [2.45, 2.75) is 26.8 Å². The molecular weight excluding hydrogens is 250 g/mol. The summed E-state index contributed by atoms with van der Waals surface area (Å²) < 4.78 is 2.44. The summed E-state index contributed by atoms with van der Waals surface area (Å²) in [5.41, 5.74) is -0.999. The van der Waals surface area contributed by atoms with Gasteiger partial charge in [-0.05, 0) is 25.5 Å². The van der Waals surface area contributed by atoms with Crippen LogP contribution in [0.3, 0.4) is 0 Å². The number of hydrogen-bond acceptors (Lipinski definition) is 3. The van der Waals surface area contributed by atoms with Crippen molar-refractivity contribution in [3.8, 4) is 0 Å². The van der Waals surface area contributed by atoms with Gasteiger partial charge in [0.2, 0.25) is 0 Å². The van der Waals surface area contributed by atoms with Crippen LogP contribution in [0.5, 0.6) is 0 Å². The fraction of sp³-hybridized carbons (Fsp3) is 0.385. The van der Waals surface area contributed by atoms with Gasteiger partial charge >= 0.3 is 5.97 Å². The first-order valence-corrected chi connectivity index (χ1v) is 6.57. The fourth-order valence-electron chi connectivity index (χ4n) is 1.77. The van der Waals surface area contributed by atoms with E-state index in [-0.39, 0.29) is 12.1 Å². The molecule has 2 rings (SSSR count). The molecular formula is C13H15NO3S. The van der Waals surface area contributed by atoms with E-state index >= 15 is 0 Å². The maximum absolute atomic E-state index is 12.1. The van der Waals surface area contributed by atoms with Crippen molar-refractivity contribution in [2.75, 3.05) is 0 Å². The number of aromatic nitrogens is 1. The van der Waals surface area contributed by atoms with E-state index < -0.39 is 11.4 Å². The molecule has 0 fully saturated rings. The van der Waals surface area contributed by atoms with Gasteiger partial charge in [-0.25, -0.2) is 0 Å². The zero-order valence-electron chi connectivity index (χ0n) is 10.3. The van der Waals surface area contributed by atoms with Crippen molar-refractivity contribution < 1.29 is 9.90 Å². The quantitative estimate of drug-likeness (QED) is 0.924. The molecule has 0 amide bonds. The van der Waals surface area contributed by atoms with Crippen LogP contribution in [0.1, 0.15) is 20.3 Å². The third-order valence-corrected chi connectivity index (χ3v) is 4.41. The van der Waals surface area contributed by atoms with Gasteiger partial charge in [0.1, 0.15) is 0 Å². The third kappa shape index (κ3) is 2.06. The smallest absolute Gasteiger partial charge is 0.311 e. The zero-order valence-corrected chi connectivity index (χ0v) is 11.2. The van der Waals surface area contributed by atoms with Gasteiger partial charge in [0.15, 0.2) is 0 Å². The number of carboxylic acid groups (broad SMARTS) is 1. The van der Waals surface area contributed by atoms with Crippen molar-refractivity contribution >= 4 is 27.6 Å². The molecule has 1 atom stereocenters. The van der Waals surface area contributed by atoms with E-state index in [0.29, 0.717) is 11.8 Å². The number of fused-ring (bicyclic) bond motifs is 1. The first-order chi connectivity index (χ1) is 8.48. The number of aliphatic carboxylic acids is 1. The molecule has 5 heteroatoms. The molecule has 0 bridgehead atoms. The summed E-state index contributed by atoms with van der Waals surface area (Å²) in [6, 6.07) is 7.34. The van der Waals surface area contributed by atoms with Gasteiger partial charge in [0.25, 0.3) is 5.56 Å². The summed E-state index contributed by atoms with van der Waals surface area (Å²) in [5, 5.41) is 9.91. The lowest BCUT2D eigenvalue weighted by molar-refractivity contribution is -0.148. The van der Waals surface area contributed by atoms with Crippen LogP contribution in [-0.4, -0.2) is 15.0 Å². The molecule has 18 heavy (non-hydrogen) atoms. The molecule has 0 saturated heterocycles. The summed E-state index contributed by atoms with van der Waals surface area (Å²) in [7, 11) is 0. The molecule has 0 aliphatic rings. The molecule has 0 radical (unpaired) electrons. The van der Waals surface area contributed by atoms with Crippen molar-refractivity contribution in [1.29, 1.82) is 0 Å². The van der Waals surface area contributed by atoms with E-state index in [1.807, 2.05) is 25.1 Å². The predicted octanol–water partition coefficient (Wildman–Crippen LogP) is 2.56. The van der Waals surface area contributed by atoms with Crippen LogP contribution in [0, 0.1) is 5.41 Å². The zero-order chi connectivity index (χ0) is 13.3. The normalized spacial score (nSPS) is 14.6. The summed E-state index contributed by atoms with van der Waals surface area (Å²) in [5.74, 6) is -0.866. The maximum Gasteiger partial charge on any atom is 0.311 e. The van der Waals surface area contributed by atoms with Gasteiger partial charge in [-0.2, -0.15) is 0 Å². The molecule has 0 saturated carbocycles. The number of rotatable bonds is 4. The van der Waals surface area contributed by atoms with Crippen molar-refractivity contribution in [2.24, 2.45) is 5.41 Å². The Balaban J connectivity index is 2.47. The molecule has 1 N–H and O–H groups in total. The van der Waals surface area contributed by atoms with E-state index in [1.165, 1.54) is 11.5 Å². The van der Waals surface area contributed by atoms with Crippen molar-refractivity contribution in [3.63, 3.8) is 0 Å². The Morgan fingerprint density at radius 2 is 2.11 bits per heavy atom. The minimum absolute atomic E-state index is 0.100. The van der Waals surface area contributed by atoms with Crippen molar-refractivity contribution in [3.05, 3.63) is 34.6 Å². The Labute approximate surface area is 109 Å². The lowest BCUT2D eigenvalue weighted by atomic mass is 9.88. The number of carbonyl (C=O) groups is 1. The van der Waals surface area contributed by atoms with Gasteiger partial charge in [-0.15, -0.1) is 0 Å². The predicted molar refractivity (Wildman–Crippen MR) is 72.1 cm³/mol. The number of hydrogen-bond donors (Lipinski definition) is 1. The Morgan fingerprint density at radius 1 is 1.44 bits per heavy atom. The summed E-state index contributed by atoms with van der Waals surface area (Å²) in [6.07, 6.45) is 0.489. The van der Waals surface area contributed by atoms with Crippen LogP contribution in [-0.2, 0) is 11.3 Å². The first-order valence-electron chi connectivity index (χ1n) is 5.80.